The van der Waals surface area contributed by atoms with Crippen molar-refractivity contribution in [3.05, 3.63) is 47.5 Å². The Kier molecular flexibility index (Phi) is 9.17. The maximum absolute atomic E-state index is 10.1. The minimum absolute atomic E-state index is 0.297. The summed E-state index contributed by atoms with van der Waals surface area (Å²) in [5.41, 5.74) is 1.84. The summed E-state index contributed by atoms with van der Waals surface area (Å²) in [7, 11) is 0. The Morgan fingerprint density at radius 1 is 0.636 bits per heavy atom. The molecule has 2 saturated heterocycles. The van der Waals surface area contributed by atoms with Crippen molar-refractivity contribution in [2.45, 2.75) is 80.8 Å². The molecule has 9 nitrogen and oxygen atoms in total. The molecule has 2 aliphatic rings. The molecule has 0 amide bonds. The predicted molar refractivity (Wildman–Crippen MR) is 120 cm³/mol. The number of ether oxygens (including phenoxy) is 2. The lowest BCUT2D eigenvalue weighted by Crippen LogP contribution is -2.58. The highest BCUT2D eigenvalue weighted by atomic mass is 16.5. The molecule has 2 heterocycles. The fourth-order valence-corrected chi connectivity index (χ4v) is 4.10. The molecule has 0 radical (unpaired) electrons. The summed E-state index contributed by atoms with van der Waals surface area (Å²) < 4.78 is 11.1. The number of aliphatic hydroxyl groups is 7. The highest BCUT2D eigenvalue weighted by molar-refractivity contribution is 5.55. The van der Waals surface area contributed by atoms with Crippen molar-refractivity contribution in [3.8, 4) is 0 Å². The summed E-state index contributed by atoms with van der Waals surface area (Å²) in [4.78, 5) is 0. The van der Waals surface area contributed by atoms with Gasteiger partial charge in [-0.05, 0) is 30.9 Å². The van der Waals surface area contributed by atoms with Gasteiger partial charge in [-0.2, -0.15) is 0 Å². The number of aliphatic hydroxyl groups excluding tert-OH is 7. The van der Waals surface area contributed by atoms with Gasteiger partial charge < -0.3 is 45.2 Å². The third kappa shape index (κ3) is 6.27. The van der Waals surface area contributed by atoms with Crippen molar-refractivity contribution in [2.24, 2.45) is 0 Å². The fraction of sp³-hybridized carbons (Fsp3) is 0.583. The largest absolute Gasteiger partial charge is 0.394 e. The predicted octanol–water partition coefficient (Wildman–Crippen LogP) is -0.794. The summed E-state index contributed by atoms with van der Waals surface area (Å²) in [5.74, 6) is 0. The van der Waals surface area contributed by atoms with Gasteiger partial charge in [0.05, 0.1) is 24.9 Å². The lowest BCUT2D eigenvalue weighted by Gasteiger charge is -2.39. The van der Waals surface area contributed by atoms with Gasteiger partial charge in [0.15, 0.2) is 0 Å². The van der Waals surface area contributed by atoms with E-state index in [0.29, 0.717) is 12.8 Å². The molecule has 9 heteroatoms. The van der Waals surface area contributed by atoms with Crippen LogP contribution in [-0.4, -0.2) is 103 Å². The second-order valence-corrected chi connectivity index (χ2v) is 8.66. The molecule has 33 heavy (non-hydrogen) atoms. The van der Waals surface area contributed by atoms with Gasteiger partial charge in [-0.25, -0.2) is 0 Å². The van der Waals surface area contributed by atoms with E-state index in [1.54, 1.807) is 13.0 Å². The second kappa shape index (κ2) is 11.7. The monoisotopic (exact) mass is 466 g/mol. The first-order chi connectivity index (χ1) is 15.7. The summed E-state index contributed by atoms with van der Waals surface area (Å²) in [6, 6.07) is 7.61. The van der Waals surface area contributed by atoms with Crippen molar-refractivity contribution in [1.29, 1.82) is 0 Å². The Bertz CT molecular complexity index is 794. The average molecular weight is 467 g/mol. The molecule has 1 aromatic carbocycles. The first-order valence-corrected chi connectivity index (χ1v) is 11.2. The lowest BCUT2D eigenvalue weighted by molar-refractivity contribution is -0.227. The van der Waals surface area contributed by atoms with E-state index in [4.69, 9.17) is 9.47 Å². The van der Waals surface area contributed by atoms with E-state index < -0.39 is 67.6 Å². The fourth-order valence-electron chi connectivity index (χ4n) is 4.10. The third-order valence-electron chi connectivity index (χ3n) is 6.24. The van der Waals surface area contributed by atoms with Crippen LogP contribution in [0.1, 0.15) is 30.9 Å². The SMILES string of the molecule is CC1OC(CC=Cc2ccc(C=CCC3OC(CO)C(O)C(O)C3O)cc2)C(O)C(O)C1O. The van der Waals surface area contributed by atoms with Crippen molar-refractivity contribution in [1.82, 2.24) is 0 Å². The molecule has 2 aliphatic heterocycles. The quantitative estimate of drug-likeness (QED) is 0.273. The molecule has 0 aliphatic carbocycles. The summed E-state index contributed by atoms with van der Waals surface area (Å²) in [6.45, 7) is 1.20. The van der Waals surface area contributed by atoms with E-state index in [1.165, 1.54) is 0 Å². The Hall–Kier alpha value is -1.66. The van der Waals surface area contributed by atoms with Gasteiger partial charge in [-0.15, -0.1) is 0 Å². The van der Waals surface area contributed by atoms with Crippen LogP contribution in [0.25, 0.3) is 12.2 Å². The molecule has 7 N–H and O–H groups in total. The van der Waals surface area contributed by atoms with Crippen LogP contribution in [0.4, 0.5) is 0 Å². The molecule has 10 unspecified atom stereocenters. The Morgan fingerprint density at radius 3 is 1.55 bits per heavy atom. The van der Waals surface area contributed by atoms with Gasteiger partial charge in [0, 0.05) is 0 Å². The topological polar surface area (TPSA) is 160 Å². The molecule has 0 bridgehead atoms. The molecule has 0 spiro atoms. The van der Waals surface area contributed by atoms with Gasteiger partial charge in [0.25, 0.3) is 0 Å². The number of benzene rings is 1. The Labute approximate surface area is 192 Å². The minimum atomic E-state index is -1.38. The van der Waals surface area contributed by atoms with Gasteiger partial charge in [-0.1, -0.05) is 48.6 Å². The van der Waals surface area contributed by atoms with E-state index >= 15 is 0 Å². The lowest BCUT2D eigenvalue weighted by atomic mass is 9.93. The van der Waals surface area contributed by atoms with E-state index in [0.717, 1.165) is 11.1 Å². The zero-order valence-electron chi connectivity index (χ0n) is 18.5. The first kappa shape index (κ1) is 26.0. The van der Waals surface area contributed by atoms with Crippen molar-refractivity contribution >= 4 is 12.2 Å². The van der Waals surface area contributed by atoms with Gasteiger partial charge in [-0.3, -0.25) is 0 Å². The molecule has 184 valence electrons. The first-order valence-electron chi connectivity index (χ1n) is 11.2. The van der Waals surface area contributed by atoms with Crippen LogP contribution < -0.4 is 0 Å². The number of hydrogen-bond donors (Lipinski definition) is 7. The van der Waals surface area contributed by atoms with Crippen LogP contribution in [0.15, 0.2) is 36.4 Å². The van der Waals surface area contributed by atoms with Crippen molar-refractivity contribution < 1.29 is 45.2 Å². The highest BCUT2D eigenvalue weighted by Gasteiger charge is 2.43. The summed E-state index contributed by atoms with van der Waals surface area (Å²) in [5, 5.41) is 68.7. The molecule has 0 saturated carbocycles. The molecule has 2 fully saturated rings. The zero-order chi connectivity index (χ0) is 24.1. The Morgan fingerprint density at radius 2 is 1.06 bits per heavy atom. The van der Waals surface area contributed by atoms with Gasteiger partial charge in [0.2, 0.25) is 0 Å². The molecular weight excluding hydrogens is 432 g/mol. The minimum Gasteiger partial charge on any atom is -0.394 e. The van der Waals surface area contributed by atoms with E-state index in [2.05, 4.69) is 0 Å². The molecule has 3 rings (SSSR count). The van der Waals surface area contributed by atoms with Gasteiger partial charge in [0.1, 0.15) is 42.7 Å². The molecular formula is C24H34O9. The van der Waals surface area contributed by atoms with E-state index in [9.17, 15) is 35.7 Å². The number of rotatable bonds is 7. The van der Waals surface area contributed by atoms with Crippen LogP contribution in [0, 0.1) is 0 Å². The van der Waals surface area contributed by atoms with Crippen LogP contribution in [0.3, 0.4) is 0 Å². The normalized spacial score (nSPS) is 40.0. The highest BCUT2D eigenvalue weighted by Crippen LogP contribution is 2.25. The Balaban J connectivity index is 1.50. The maximum atomic E-state index is 10.1. The van der Waals surface area contributed by atoms with Crippen LogP contribution in [0.2, 0.25) is 0 Å². The van der Waals surface area contributed by atoms with E-state index in [1.807, 2.05) is 42.5 Å². The van der Waals surface area contributed by atoms with Crippen LogP contribution in [0.5, 0.6) is 0 Å². The summed E-state index contributed by atoms with van der Waals surface area (Å²) in [6.07, 6.45) is -2.26. The maximum Gasteiger partial charge on any atom is 0.111 e. The molecule has 0 aromatic heterocycles. The van der Waals surface area contributed by atoms with Crippen molar-refractivity contribution in [2.75, 3.05) is 6.61 Å². The summed E-state index contributed by atoms with van der Waals surface area (Å²) >= 11 is 0. The van der Waals surface area contributed by atoms with Crippen LogP contribution in [-0.2, 0) is 9.47 Å². The third-order valence-corrected chi connectivity index (χ3v) is 6.24. The van der Waals surface area contributed by atoms with Gasteiger partial charge >= 0.3 is 0 Å². The zero-order valence-corrected chi connectivity index (χ0v) is 18.5. The average Bonchev–Trinajstić information content (AvgIpc) is 2.82. The second-order valence-electron chi connectivity index (χ2n) is 8.66. The standard InChI is InChI=1S/C24H34O9/c1-13-19(26)23(30)20(27)16(32-13)6-2-4-14-8-10-15(11-9-14)5-3-7-17-21(28)24(31)22(29)18(12-25)33-17/h2-5,8-11,13,16-31H,6-7,12H2,1H3. The number of hydrogen-bond acceptors (Lipinski definition) is 9. The molecule has 10 atom stereocenters. The smallest absolute Gasteiger partial charge is 0.111 e. The molecule has 1 aromatic rings. The van der Waals surface area contributed by atoms with E-state index in [-0.39, 0.29) is 0 Å². The van der Waals surface area contributed by atoms with Crippen LogP contribution >= 0.6 is 0 Å². The van der Waals surface area contributed by atoms with Crippen molar-refractivity contribution in [3.63, 3.8) is 0 Å².